The Morgan fingerprint density at radius 1 is 1.14 bits per heavy atom. The van der Waals surface area contributed by atoms with Gasteiger partial charge in [-0.15, -0.1) is 0 Å². The number of alkyl halides is 4. The molecule has 0 aromatic heterocycles. The molecule has 0 saturated heterocycles. The average Bonchev–Trinajstić information content (AvgIpc) is 2.07. The molecular weight excluding hydrogens is 264 g/mol. The number of hydrogen-bond donors (Lipinski definition) is 0. The van der Waals surface area contributed by atoms with Crippen LogP contribution in [0.15, 0.2) is 28.7 Å². The van der Waals surface area contributed by atoms with Crippen LogP contribution in [0.4, 0.5) is 17.6 Å². The van der Waals surface area contributed by atoms with Crippen molar-refractivity contribution in [2.24, 2.45) is 0 Å². The molecule has 0 aliphatic rings. The summed E-state index contributed by atoms with van der Waals surface area (Å²) in [6.45, 7) is 0. The second-order valence-corrected chi connectivity index (χ2v) is 3.76. The first-order valence-electron chi connectivity index (χ1n) is 3.85. The molecule has 0 fully saturated rings. The molecule has 0 spiro atoms. The van der Waals surface area contributed by atoms with E-state index in [1.807, 2.05) is 0 Å². The maximum atomic E-state index is 12.6. The van der Waals surface area contributed by atoms with Gasteiger partial charge in [0.2, 0.25) is 0 Å². The summed E-state index contributed by atoms with van der Waals surface area (Å²) >= 11 is 3.14. The number of benzene rings is 1. The number of halogens is 5. The lowest BCUT2D eigenvalue weighted by Crippen LogP contribution is -2.26. The smallest absolute Gasteiger partial charge is 0.237 e. The first-order chi connectivity index (χ1) is 6.39. The van der Waals surface area contributed by atoms with Crippen LogP contribution in [0.3, 0.4) is 0 Å². The molecule has 0 saturated carbocycles. The van der Waals surface area contributed by atoms with E-state index < -0.39 is 18.8 Å². The van der Waals surface area contributed by atoms with Crippen LogP contribution >= 0.6 is 15.9 Å². The standard InChI is InChI=1S/C9H7BrF4/c10-7-3-1-6(2-4-7)5-8(11)9(12,13)14/h1-4,8H,5H2. The fourth-order valence-electron chi connectivity index (χ4n) is 0.943. The molecule has 0 amide bonds. The van der Waals surface area contributed by atoms with E-state index in [0.717, 1.165) is 4.47 Å². The first kappa shape index (κ1) is 11.5. The van der Waals surface area contributed by atoms with Gasteiger partial charge in [-0.2, -0.15) is 13.2 Å². The Labute approximate surface area is 87.1 Å². The van der Waals surface area contributed by atoms with E-state index in [0.29, 0.717) is 5.56 Å². The van der Waals surface area contributed by atoms with Crippen LogP contribution in [-0.2, 0) is 6.42 Å². The zero-order valence-electron chi connectivity index (χ0n) is 6.98. The van der Waals surface area contributed by atoms with Crippen molar-refractivity contribution >= 4 is 15.9 Å². The maximum Gasteiger partial charge on any atom is 0.419 e. The maximum absolute atomic E-state index is 12.6. The van der Waals surface area contributed by atoms with Crippen molar-refractivity contribution in [3.8, 4) is 0 Å². The van der Waals surface area contributed by atoms with Crippen LogP contribution in [0, 0.1) is 0 Å². The summed E-state index contributed by atoms with van der Waals surface area (Å²) in [7, 11) is 0. The van der Waals surface area contributed by atoms with Crippen molar-refractivity contribution in [3.63, 3.8) is 0 Å². The summed E-state index contributed by atoms with van der Waals surface area (Å²) in [5.41, 5.74) is 0.332. The van der Waals surface area contributed by atoms with Crippen LogP contribution in [0.25, 0.3) is 0 Å². The van der Waals surface area contributed by atoms with Crippen molar-refractivity contribution in [2.75, 3.05) is 0 Å². The van der Waals surface area contributed by atoms with E-state index in [4.69, 9.17) is 0 Å². The molecule has 78 valence electrons. The molecule has 1 atom stereocenters. The zero-order chi connectivity index (χ0) is 10.8. The molecule has 14 heavy (non-hydrogen) atoms. The van der Waals surface area contributed by atoms with Gasteiger partial charge in [-0.3, -0.25) is 0 Å². The molecule has 0 heterocycles. The van der Waals surface area contributed by atoms with Gasteiger partial charge in [0, 0.05) is 10.9 Å². The normalized spacial score (nSPS) is 14.1. The third-order valence-electron chi connectivity index (χ3n) is 1.68. The van der Waals surface area contributed by atoms with Crippen LogP contribution in [0.2, 0.25) is 0 Å². The predicted molar refractivity (Wildman–Crippen MR) is 48.8 cm³/mol. The third kappa shape index (κ3) is 3.29. The second kappa shape index (κ2) is 4.29. The Morgan fingerprint density at radius 2 is 1.64 bits per heavy atom. The Morgan fingerprint density at radius 3 is 2.07 bits per heavy atom. The molecule has 0 bridgehead atoms. The SMILES string of the molecule is FC(Cc1ccc(Br)cc1)C(F)(F)F. The van der Waals surface area contributed by atoms with E-state index in [2.05, 4.69) is 15.9 Å². The van der Waals surface area contributed by atoms with Gasteiger partial charge >= 0.3 is 6.18 Å². The molecule has 1 aromatic rings. The highest BCUT2D eigenvalue weighted by molar-refractivity contribution is 9.10. The van der Waals surface area contributed by atoms with E-state index in [1.54, 1.807) is 12.1 Å². The highest BCUT2D eigenvalue weighted by Gasteiger charge is 2.39. The van der Waals surface area contributed by atoms with Crippen LogP contribution in [0.1, 0.15) is 5.56 Å². The van der Waals surface area contributed by atoms with Crippen molar-refractivity contribution in [1.29, 1.82) is 0 Å². The minimum Gasteiger partial charge on any atom is -0.237 e. The van der Waals surface area contributed by atoms with Gasteiger partial charge in [0.1, 0.15) is 0 Å². The number of hydrogen-bond acceptors (Lipinski definition) is 0. The largest absolute Gasteiger partial charge is 0.419 e. The second-order valence-electron chi connectivity index (χ2n) is 2.84. The summed E-state index contributed by atoms with van der Waals surface area (Å²) in [6, 6.07) is 6.08. The topological polar surface area (TPSA) is 0 Å². The molecule has 1 unspecified atom stereocenters. The molecule has 0 N–H and O–H groups in total. The van der Waals surface area contributed by atoms with Crippen molar-refractivity contribution in [2.45, 2.75) is 18.8 Å². The lowest BCUT2D eigenvalue weighted by molar-refractivity contribution is -0.179. The molecule has 0 radical (unpaired) electrons. The highest BCUT2D eigenvalue weighted by atomic mass is 79.9. The lowest BCUT2D eigenvalue weighted by Gasteiger charge is -2.11. The van der Waals surface area contributed by atoms with Gasteiger partial charge in [-0.1, -0.05) is 28.1 Å². The third-order valence-corrected chi connectivity index (χ3v) is 2.21. The van der Waals surface area contributed by atoms with E-state index in [1.165, 1.54) is 12.1 Å². The van der Waals surface area contributed by atoms with E-state index in [9.17, 15) is 17.6 Å². The molecule has 5 heteroatoms. The van der Waals surface area contributed by atoms with Crippen molar-refractivity contribution in [3.05, 3.63) is 34.3 Å². The first-order valence-corrected chi connectivity index (χ1v) is 4.64. The summed E-state index contributed by atoms with van der Waals surface area (Å²) in [5, 5.41) is 0. The Kier molecular flexibility index (Phi) is 3.53. The fraction of sp³-hybridized carbons (Fsp3) is 0.333. The fourth-order valence-corrected chi connectivity index (χ4v) is 1.21. The van der Waals surface area contributed by atoms with Crippen LogP contribution < -0.4 is 0 Å². The molecule has 1 rings (SSSR count). The Bertz CT molecular complexity index is 291. The predicted octanol–water partition coefficient (Wildman–Crippen LogP) is 3.89. The minimum absolute atomic E-state index is 0.332. The lowest BCUT2D eigenvalue weighted by atomic mass is 10.1. The summed E-state index contributed by atoms with van der Waals surface area (Å²) in [5.74, 6) is 0. The number of rotatable bonds is 2. The van der Waals surface area contributed by atoms with Crippen LogP contribution in [0.5, 0.6) is 0 Å². The van der Waals surface area contributed by atoms with E-state index in [-0.39, 0.29) is 0 Å². The molecule has 0 nitrogen and oxygen atoms in total. The van der Waals surface area contributed by atoms with E-state index >= 15 is 0 Å². The van der Waals surface area contributed by atoms with Gasteiger partial charge in [-0.25, -0.2) is 4.39 Å². The Hall–Kier alpha value is -0.580. The average molecular weight is 271 g/mol. The summed E-state index contributed by atoms with van der Waals surface area (Å²) in [4.78, 5) is 0. The van der Waals surface area contributed by atoms with Gasteiger partial charge in [0.25, 0.3) is 0 Å². The van der Waals surface area contributed by atoms with Gasteiger partial charge in [-0.05, 0) is 17.7 Å². The van der Waals surface area contributed by atoms with Gasteiger partial charge in [0.05, 0.1) is 0 Å². The molecular formula is C9H7BrF4. The molecule has 0 aliphatic heterocycles. The van der Waals surface area contributed by atoms with Crippen molar-refractivity contribution < 1.29 is 17.6 Å². The Balaban J connectivity index is 2.65. The van der Waals surface area contributed by atoms with Crippen molar-refractivity contribution in [1.82, 2.24) is 0 Å². The summed E-state index contributed by atoms with van der Waals surface area (Å²) in [6.07, 6.45) is -8.19. The van der Waals surface area contributed by atoms with Gasteiger partial charge < -0.3 is 0 Å². The quantitative estimate of drug-likeness (QED) is 0.716. The monoisotopic (exact) mass is 270 g/mol. The van der Waals surface area contributed by atoms with Crippen LogP contribution in [-0.4, -0.2) is 12.3 Å². The highest BCUT2D eigenvalue weighted by Crippen LogP contribution is 2.26. The minimum atomic E-state index is -4.77. The van der Waals surface area contributed by atoms with Gasteiger partial charge in [0.15, 0.2) is 6.17 Å². The molecule has 0 aliphatic carbocycles. The zero-order valence-corrected chi connectivity index (χ0v) is 8.57. The summed E-state index contributed by atoms with van der Waals surface area (Å²) < 4.78 is 48.8. The molecule has 1 aromatic carbocycles.